The van der Waals surface area contributed by atoms with Crippen molar-refractivity contribution in [3.8, 4) is 0 Å². The van der Waals surface area contributed by atoms with Crippen molar-refractivity contribution < 1.29 is 19.1 Å². The zero-order valence-corrected chi connectivity index (χ0v) is 9.95. The first kappa shape index (κ1) is 15.2. The minimum Gasteiger partial charge on any atom is -0.445 e. The summed E-state index contributed by atoms with van der Waals surface area (Å²) in [6.45, 7) is 5.57. The molecule has 0 spiro atoms. The molecule has 0 saturated heterocycles. The number of carbonyl (C=O) groups excluding carboxylic acids is 3. The molecule has 96 valence electrons. The van der Waals surface area contributed by atoms with Gasteiger partial charge in [-0.2, -0.15) is 0 Å². The minimum atomic E-state index is -0.553. The number of Topliss-reactive ketones (excluding diaryl/α,β-unsaturated/α-hetero) is 1. The van der Waals surface area contributed by atoms with Crippen LogP contribution in [0.25, 0.3) is 0 Å². The number of ketones is 1. The molecule has 0 bridgehead atoms. The zero-order valence-electron chi connectivity index (χ0n) is 9.95. The number of rotatable bonds is 8. The molecule has 0 atom stereocenters. The van der Waals surface area contributed by atoms with E-state index >= 15 is 0 Å². The Balaban J connectivity index is 3.44. The van der Waals surface area contributed by atoms with Crippen LogP contribution in [-0.4, -0.2) is 37.5 Å². The Hall–Kier alpha value is -1.85. The zero-order chi connectivity index (χ0) is 13.1. The fourth-order valence-electron chi connectivity index (χ4n) is 0.930. The Bertz CT molecular complexity index is 289. The second-order valence-electron chi connectivity index (χ2n) is 3.37. The molecule has 6 nitrogen and oxygen atoms in total. The Morgan fingerprint density at radius 1 is 1.18 bits per heavy atom. The maximum absolute atomic E-state index is 11.1. The molecule has 0 heterocycles. The molecule has 0 aromatic rings. The van der Waals surface area contributed by atoms with Gasteiger partial charge in [-0.3, -0.25) is 4.79 Å². The van der Waals surface area contributed by atoms with Gasteiger partial charge in [-0.05, 0) is 6.92 Å². The highest BCUT2D eigenvalue weighted by atomic mass is 16.5. The predicted molar refractivity (Wildman–Crippen MR) is 62.5 cm³/mol. The fourth-order valence-corrected chi connectivity index (χ4v) is 0.930. The average molecular weight is 242 g/mol. The molecule has 6 heteroatoms. The van der Waals surface area contributed by atoms with Crippen LogP contribution >= 0.6 is 0 Å². The molecule has 0 aliphatic heterocycles. The lowest BCUT2D eigenvalue weighted by atomic mass is 10.2. The van der Waals surface area contributed by atoms with Crippen molar-refractivity contribution >= 4 is 17.8 Å². The van der Waals surface area contributed by atoms with Gasteiger partial charge in [-0.1, -0.05) is 12.7 Å². The van der Waals surface area contributed by atoms with Gasteiger partial charge in [0.1, 0.15) is 12.4 Å². The molecule has 0 aliphatic carbocycles. The van der Waals surface area contributed by atoms with Crippen molar-refractivity contribution in [1.29, 1.82) is 0 Å². The summed E-state index contributed by atoms with van der Waals surface area (Å²) in [6, 6.07) is 0. The first-order valence-corrected chi connectivity index (χ1v) is 5.34. The van der Waals surface area contributed by atoms with Crippen molar-refractivity contribution in [3.63, 3.8) is 0 Å². The molecule has 2 N–H and O–H groups in total. The minimum absolute atomic E-state index is 0.0220. The first-order valence-electron chi connectivity index (χ1n) is 5.34. The van der Waals surface area contributed by atoms with Crippen LogP contribution in [0.2, 0.25) is 0 Å². The van der Waals surface area contributed by atoms with Crippen molar-refractivity contribution in [1.82, 2.24) is 10.6 Å². The molecular formula is C11H18N2O4. The van der Waals surface area contributed by atoms with Crippen LogP contribution in [0.4, 0.5) is 4.79 Å². The Morgan fingerprint density at radius 3 is 2.41 bits per heavy atom. The molecule has 0 rings (SSSR count). The Morgan fingerprint density at radius 2 is 1.82 bits per heavy atom. The van der Waals surface area contributed by atoms with Gasteiger partial charge in [0.15, 0.2) is 0 Å². The van der Waals surface area contributed by atoms with Crippen molar-refractivity contribution in [2.24, 2.45) is 0 Å². The highest BCUT2D eigenvalue weighted by molar-refractivity contribution is 5.83. The number of ether oxygens (including phenoxy) is 1. The van der Waals surface area contributed by atoms with Crippen LogP contribution in [0.3, 0.4) is 0 Å². The number of hydrogen-bond acceptors (Lipinski definition) is 4. The molecule has 17 heavy (non-hydrogen) atoms. The van der Waals surface area contributed by atoms with E-state index in [1.807, 2.05) is 0 Å². The number of alkyl carbamates (subject to hydrolysis) is 1. The van der Waals surface area contributed by atoms with Crippen LogP contribution in [0.5, 0.6) is 0 Å². The molecule has 0 fully saturated rings. The highest BCUT2D eigenvalue weighted by Crippen LogP contribution is 1.89. The second kappa shape index (κ2) is 9.38. The third-order valence-electron chi connectivity index (χ3n) is 1.75. The summed E-state index contributed by atoms with van der Waals surface area (Å²) in [4.78, 5) is 32.7. The third-order valence-corrected chi connectivity index (χ3v) is 1.75. The molecule has 0 aromatic carbocycles. The van der Waals surface area contributed by atoms with E-state index < -0.39 is 6.09 Å². The molecule has 0 unspecified atom stereocenters. The lowest BCUT2D eigenvalue weighted by Gasteiger charge is -2.06. The van der Waals surface area contributed by atoms with Gasteiger partial charge >= 0.3 is 6.09 Å². The lowest BCUT2D eigenvalue weighted by molar-refractivity contribution is -0.124. The predicted octanol–water partition coefficient (Wildman–Crippen LogP) is 0.384. The summed E-state index contributed by atoms with van der Waals surface area (Å²) in [6.07, 6.45) is 1.32. The smallest absolute Gasteiger partial charge is 0.407 e. The van der Waals surface area contributed by atoms with Gasteiger partial charge < -0.3 is 20.2 Å². The molecular weight excluding hydrogens is 224 g/mol. The van der Waals surface area contributed by atoms with E-state index in [4.69, 9.17) is 0 Å². The van der Waals surface area contributed by atoms with Gasteiger partial charge in [-0.15, -0.1) is 0 Å². The van der Waals surface area contributed by atoms with E-state index in [-0.39, 0.29) is 37.7 Å². The average Bonchev–Trinajstić information content (AvgIpc) is 2.29. The largest absolute Gasteiger partial charge is 0.445 e. The fraction of sp³-hybridized carbons (Fsp3) is 0.545. The van der Waals surface area contributed by atoms with Crippen LogP contribution in [0.1, 0.15) is 19.8 Å². The number of carbonyl (C=O) groups is 3. The van der Waals surface area contributed by atoms with Gasteiger partial charge in [0.25, 0.3) is 0 Å². The van der Waals surface area contributed by atoms with Crippen molar-refractivity contribution in [3.05, 3.63) is 12.7 Å². The Labute approximate surface area is 100 Å². The highest BCUT2D eigenvalue weighted by Gasteiger charge is 2.03. The molecule has 0 aromatic heterocycles. The van der Waals surface area contributed by atoms with Gasteiger partial charge in [0.05, 0.1) is 0 Å². The third kappa shape index (κ3) is 10.4. The maximum Gasteiger partial charge on any atom is 0.407 e. The van der Waals surface area contributed by atoms with Crippen molar-refractivity contribution in [2.75, 3.05) is 19.7 Å². The van der Waals surface area contributed by atoms with E-state index in [1.165, 1.54) is 13.0 Å². The molecule has 2 amide bonds. The Kier molecular flexibility index (Phi) is 8.36. The van der Waals surface area contributed by atoms with E-state index in [1.54, 1.807) is 0 Å². The maximum atomic E-state index is 11.1. The summed E-state index contributed by atoms with van der Waals surface area (Å²) in [5.41, 5.74) is 0. The van der Waals surface area contributed by atoms with Gasteiger partial charge in [0.2, 0.25) is 5.91 Å². The summed E-state index contributed by atoms with van der Waals surface area (Å²) >= 11 is 0. The van der Waals surface area contributed by atoms with Crippen molar-refractivity contribution in [2.45, 2.75) is 19.8 Å². The monoisotopic (exact) mass is 242 g/mol. The normalized spacial score (nSPS) is 9.24. The van der Waals surface area contributed by atoms with Gasteiger partial charge in [-0.25, -0.2) is 4.79 Å². The van der Waals surface area contributed by atoms with Crippen LogP contribution in [0, 0.1) is 0 Å². The molecule has 0 saturated carbocycles. The van der Waals surface area contributed by atoms with E-state index in [0.29, 0.717) is 6.54 Å². The standard InChI is InChI=1S/C11H18N2O4/c1-3-8-17-11(16)13-7-6-12-10(15)5-4-9(2)14/h3H,1,4-8H2,2H3,(H,12,15)(H,13,16). The first-order chi connectivity index (χ1) is 8.06. The van der Waals surface area contributed by atoms with Gasteiger partial charge in [0, 0.05) is 25.9 Å². The summed E-state index contributed by atoms with van der Waals surface area (Å²) in [5.74, 6) is -0.229. The SMILES string of the molecule is C=CCOC(=O)NCCNC(=O)CCC(C)=O. The summed E-state index contributed by atoms with van der Waals surface area (Å²) < 4.78 is 4.65. The van der Waals surface area contributed by atoms with E-state index in [2.05, 4.69) is 21.9 Å². The number of nitrogens with one attached hydrogen (secondary N) is 2. The topological polar surface area (TPSA) is 84.5 Å². The van der Waals surface area contributed by atoms with E-state index in [0.717, 1.165) is 0 Å². The number of amides is 2. The van der Waals surface area contributed by atoms with Crippen LogP contribution in [-0.2, 0) is 14.3 Å². The number of hydrogen-bond donors (Lipinski definition) is 2. The summed E-state index contributed by atoms with van der Waals surface area (Å²) in [7, 11) is 0. The summed E-state index contributed by atoms with van der Waals surface area (Å²) in [5, 5.41) is 5.01. The van der Waals surface area contributed by atoms with E-state index in [9.17, 15) is 14.4 Å². The lowest BCUT2D eigenvalue weighted by Crippen LogP contribution is -2.35. The molecule has 0 radical (unpaired) electrons. The van der Waals surface area contributed by atoms with Crippen LogP contribution in [0.15, 0.2) is 12.7 Å². The second-order valence-corrected chi connectivity index (χ2v) is 3.37. The quantitative estimate of drug-likeness (QED) is 0.476. The van der Waals surface area contributed by atoms with Crippen LogP contribution < -0.4 is 10.6 Å². The molecule has 0 aliphatic rings.